The Morgan fingerprint density at radius 1 is 1.23 bits per heavy atom. The van der Waals surface area contributed by atoms with Gasteiger partial charge in [-0.25, -0.2) is 0 Å². The number of anilines is 1. The highest BCUT2D eigenvalue weighted by Gasteiger charge is 2.53. The number of methoxy groups -OCH3 is 1. The van der Waals surface area contributed by atoms with E-state index in [-0.39, 0.29) is 17.7 Å². The third kappa shape index (κ3) is 2.45. The van der Waals surface area contributed by atoms with Crippen molar-refractivity contribution in [1.29, 1.82) is 0 Å². The van der Waals surface area contributed by atoms with E-state index in [1.165, 1.54) is 0 Å². The molecule has 2 fully saturated rings. The van der Waals surface area contributed by atoms with Gasteiger partial charge in [0.2, 0.25) is 5.91 Å². The first-order valence-electron chi connectivity index (χ1n) is 7.69. The monoisotopic (exact) mass is 303 g/mol. The van der Waals surface area contributed by atoms with E-state index in [0.29, 0.717) is 0 Å². The van der Waals surface area contributed by atoms with E-state index < -0.39 is 17.8 Å². The molecule has 3 rings (SSSR count). The fourth-order valence-corrected chi connectivity index (χ4v) is 4.14. The van der Waals surface area contributed by atoms with Gasteiger partial charge in [-0.3, -0.25) is 9.59 Å². The van der Waals surface area contributed by atoms with Crippen LogP contribution in [0.4, 0.5) is 5.69 Å². The van der Waals surface area contributed by atoms with E-state index in [1.54, 1.807) is 19.2 Å². The van der Waals surface area contributed by atoms with Crippen molar-refractivity contribution in [3.05, 3.63) is 23.8 Å². The highest BCUT2D eigenvalue weighted by Crippen LogP contribution is 2.52. The summed E-state index contributed by atoms with van der Waals surface area (Å²) >= 11 is 0. The predicted molar refractivity (Wildman–Crippen MR) is 81.8 cm³/mol. The molecule has 2 N–H and O–H groups in total. The second kappa shape index (κ2) is 5.63. The molecule has 0 saturated heterocycles. The second-order valence-electron chi connectivity index (χ2n) is 6.39. The van der Waals surface area contributed by atoms with E-state index in [1.807, 2.05) is 13.0 Å². The standard InChI is InChI=1S/C17H21NO4/c1-9-7-12(22-2)5-6-13(9)18-16(19)14-10-3-4-11(8-10)15(14)17(20)21/h5-7,10-11,14-15H,3-4,8H2,1-2H3,(H,18,19)(H,20,21)/t10-,11-,14-,15+/m0/s1. The second-order valence-corrected chi connectivity index (χ2v) is 6.39. The van der Waals surface area contributed by atoms with Gasteiger partial charge >= 0.3 is 5.97 Å². The lowest BCUT2D eigenvalue weighted by Gasteiger charge is -2.27. The van der Waals surface area contributed by atoms with Gasteiger partial charge in [0.1, 0.15) is 5.75 Å². The summed E-state index contributed by atoms with van der Waals surface area (Å²) in [6.07, 6.45) is 2.78. The van der Waals surface area contributed by atoms with Crippen LogP contribution in [0, 0.1) is 30.6 Å². The topological polar surface area (TPSA) is 75.6 Å². The lowest BCUT2D eigenvalue weighted by Crippen LogP contribution is -2.37. The smallest absolute Gasteiger partial charge is 0.307 e. The Hall–Kier alpha value is -2.04. The van der Waals surface area contributed by atoms with E-state index in [2.05, 4.69) is 5.32 Å². The molecule has 0 radical (unpaired) electrons. The van der Waals surface area contributed by atoms with Crippen LogP contribution in [0.5, 0.6) is 5.75 Å². The molecule has 1 aromatic rings. The number of carboxylic acid groups (broad SMARTS) is 1. The Morgan fingerprint density at radius 2 is 1.91 bits per heavy atom. The fourth-order valence-electron chi connectivity index (χ4n) is 4.14. The van der Waals surface area contributed by atoms with Crippen LogP contribution in [0.3, 0.4) is 0 Å². The highest BCUT2D eigenvalue weighted by molar-refractivity contribution is 5.96. The van der Waals surface area contributed by atoms with Crippen LogP contribution in [0.25, 0.3) is 0 Å². The molecule has 0 heterocycles. The molecule has 2 aliphatic rings. The van der Waals surface area contributed by atoms with Crippen molar-refractivity contribution in [2.24, 2.45) is 23.7 Å². The molecule has 118 valence electrons. The van der Waals surface area contributed by atoms with Crippen molar-refractivity contribution >= 4 is 17.6 Å². The van der Waals surface area contributed by atoms with Crippen LogP contribution in [-0.4, -0.2) is 24.1 Å². The van der Waals surface area contributed by atoms with Gasteiger partial charge in [-0.2, -0.15) is 0 Å². The predicted octanol–water partition coefficient (Wildman–Crippen LogP) is 2.69. The number of ether oxygens (including phenoxy) is 1. The maximum Gasteiger partial charge on any atom is 0.307 e. The average molecular weight is 303 g/mol. The van der Waals surface area contributed by atoms with Crippen LogP contribution in [0.15, 0.2) is 18.2 Å². The first kappa shape index (κ1) is 14.9. The Morgan fingerprint density at radius 3 is 2.50 bits per heavy atom. The van der Waals surface area contributed by atoms with Crippen LogP contribution >= 0.6 is 0 Å². The van der Waals surface area contributed by atoms with Gasteiger partial charge in [0.05, 0.1) is 18.9 Å². The summed E-state index contributed by atoms with van der Waals surface area (Å²) in [5.74, 6) is -0.819. The number of amides is 1. The molecule has 1 aromatic carbocycles. The van der Waals surface area contributed by atoms with Crippen LogP contribution in [0.1, 0.15) is 24.8 Å². The number of aliphatic carboxylic acids is 1. The lowest BCUT2D eigenvalue weighted by molar-refractivity contribution is -0.148. The maximum absolute atomic E-state index is 12.6. The van der Waals surface area contributed by atoms with Gasteiger partial charge in [-0.05, 0) is 61.8 Å². The number of carbonyl (C=O) groups is 2. The quantitative estimate of drug-likeness (QED) is 0.896. The molecule has 2 aliphatic carbocycles. The first-order chi connectivity index (χ1) is 10.5. The van der Waals surface area contributed by atoms with E-state index in [0.717, 1.165) is 36.3 Å². The normalized spacial score (nSPS) is 29.4. The molecule has 4 atom stereocenters. The number of nitrogens with one attached hydrogen (secondary N) is 1. The van der Waals surface area contributed by atoms with Crippen molar-refractivity contribution < 1.29 is 19.4 Å². The molecule has 1 amide bonds. The summed E-state index contributed by atoms with van der Waals surface area (Å²) in [5, 5.41) is 12.4. The molecule has 2 saturated carbocycles. The van der Waals surface area contributed by atoms with Crippen LogP contribution in [0.2, 0.25) is 0 Å². The van der Waals surface area contributed by atoms with Crippen molar-refractivity contribution in [1.82, 2.24) is 0 Å². The fraction of sp³-hybridized carbons (Fsp3) is 0.529. The average Bonchev–Trinajstić information content (AvgIpc) is 3.09. The zero-order chi connectivity index (χ0) is 15.9. The number of rotatable bonds is 4. The number of benzene rings is 1. The number of carbonyl (C=O) groups excluding carboxylic acids is 1. The molecular formula is C17H21NO4. The minimum absolute atomic E-state index is 0.159. The molecule has 5 heteroatoms. The molecule has 22 heavy (non-hydrogen) atoms. The summed E-state index contributed by atoms with van der Waals surface area (Å²) in [7, 11) is 1.60. The number of hydrogen-bond acceptors (Lipinski definition) is 3. The largest absolute Gasteiger partial charge is 0.497 e. The SMILES string of the molecule is COc1ccc(NC(=O)[C@H]2[C@H]3CC[C@@H](C3)[C@H]2C(=O)O)c(C)c1. The third-order valence-electron chi connectivity index (χ3n) is 5.20. The van der Waals surface area contributed by atoms with Gasteiger partial charge in [0.25, 0.3) is 0 Å². The number of hydrogen-bond donors (Lipinski definition) is 2. The van der Waals surface area contributed by atoms with Crippen molar-refractivity contribution in [3.63, 3.8) is 0 Å². The molecular weight excluding hydrogens is 282 g/mol. The molecule has 0 aromatic heterocycles. The van der Waals surface area contributed by atoms with Crippen molar-refractivity contribution in [3.8, 4) is 5.75 Å². The molecule has 0 spiro atoms. The summed E-state index contributed by atoms with van der Waals surface area (Å²) in [5.41, 5.74) is 1.63. The third-order valence-corrected chi connectivity index (χ3v) is 5.20. The first-order valence-corrected chi connectivity index (χ1v) is 7.69. The molecule has 2 bridgehead atoms. The van der Waals surface area contributed by atoms with Crippen molar-refractivity contribution in [2.75, 3.05) is 12.4 Å². The molecule has 0 aliphatic heterocycles. The molecule has 5 nitrogen and oxygen atoms in total. The van der Waals surface area contributed by atoms with E-state index in [9.17, 15) is 14.7 Å². The zero-order valence-electron chi connectivity index (χ0n) is 12.8. The zero-order valence-corrected chi connectivity index (χ0v) is 12.8. The maximum atomic E-state index is 12.6. The minimum Gasteiger partial charge on any atom is -0.497 e. The Labute approximate surface area is 129 Å². The number of fused-ring (bicyclic) bond motifs is 2. The Bertz CT molecular complexity index is 613. The van der Waals surface area contributed by atoms with Gasteiger partial charge in [-0.1, -0.05) is 0 Å². The van der Waals surface area contributed by atoms with Crippen LogP contribution < -0.4 is 10.1 Å². The number of aryl methyl sites for hydroxylation is 1. The minimum atomic E-state index is -0.834. The summed E-state index contributed by atoms with van der Waals surface area (Å²) in [6, 6.07) is 5.44. The van der Waals surface area contributed by atoms with Gasteiger partial charge in [-0.15, -0.1) is 0 Å². The van der Waals surface area contributed by atoms with Gasteiger partial charge in [0.15, 0.2) is 0 Å². The Balaban J connectivity index is 1.78. The van der Waals surface area contributed by atoms with E-state index >= 15 is 0 Å². The van der Waals surface area contributed by atoms with Gasteiger partial charge in [0, 0.05) is 5.69 Å². The summed E-state index contributed by atoms with van der Waals surface area (Å²) in [6.45, 7) is 1.90. The van der Waals surface area contributed by atoms with Crippen molar-refractivity contribution in [2.45, 2.75) is 26.2 Å². The molecule has 0 unspecified atom stereocenters. The van der Waals surface area contributed by atoms with Crippen LogP contribution in [-0.2, 0) is 9.59 Å². The Kier molecular flexibility index (Phi) is 3.81. The lowest BCUT2D eigenvalue weighted by atomic mass is 9.78. The van der Waals surface area contributed by atoms with Gasteiger partial charge < -0.3 is 15.2 Å². The summed E-state index contributed by atoms with van der Waals surface area (Å²) in [4.78, 5) is 24.1. The van der Waals surface area contributed by atoms with E-state index in [4.69, 9.17) is 4.74 Å². The summed E-state index contributed by atoms with van der Waals surface area (Å²) < 4.78 is 5.15. The number of carboxylic acids is 1. The highest BCUT2D eigenvalue weighted by atomic mass is 16.5.